The van der Waals surface area contributed by atoms with Crippen LogP contribution in [0.25, 0.3) is 0 Å². The molecule has 1 rings (SSSR count). The summed E-state index contributed by atoms with van der Waals surface area (Å²) in [6.45, 7) is 10.6. The van der Waals surface area contributed by atoms with E-state index >= 15 is 0 Å². The van der Waals surface area contributed by atoms with E-state index in [-0.39, 0.29) is 0 Å². The molecule has 1 saturated heterocycles. The molecule has 1 aliphatic heterocycles. The first-order chi connectivity index (χ1) is 7.36. The van der Waals surface area contributed by atoms with Gasteiger partial charge in [0, 0.05) is 51.8 Å². The second-order valence-electron chi connectivity index (χ2n) is 3.98. The summed E-state index contributed by atoms with van der Waals surface area (Å²) in [5, 5.41) is 0. The molecule has 1 heterocycles. The predicted octanol–water partition coefficient (Wildman–Crippen LogP) is 1.27. The van der Waals surface area contributed by atoms with Gasteiger partial charge in [0.2, 0.25) is 0 Å². The molecule has 15 heavy (non-hydrogen) atoms. The molecule has 3 nitrogen and oxygen atoms in total. The van der Waals surface area contributed by atoms with Crippen molar-refractivity contribution in [2.45, 2.75) is 13.3 Å². The molecule has 0 amide bonds. The van der Waals surface area contributed by atoms with Crippen LogP contribution in [0.5, 0.6) is 0 Å². The van der Waals surface area contributed by atoms with Gasteiger partial charge in [0.15, 0.2) is 0 Å². The number of halogens is 1. The SMILES string of the molecule is CCCOCCN1CCN(CCCl)CC1. The van der Waals surface area contributed by atoms with Gasteiger partial charge in [-0.05, 0) is 6.42 Å². The molecule has 0 aromatic rings. The Kier molecular flexibility index (Phi) is 7.36. The summed E-state index contributed by atoms with van der Waals surface area (Å²) in [5.41, 5.74) is 0. The topological polar surface area (TPSA) is 15.7 Å². The summed E-state index contributed by atoms with van der Waals surface area (Å²) in [7, 11) is 0. The summed E-state index contributed by atoms with van der Waals surface area (Å²) in [6, 6.07) is 0. The first kappa shape index (κ1) is 13.2. The highest BCUT2D eigenvalue weighted by Crippen LogP contribution is 2.01. The van der Waals surface area contributed by atoms with E-state index < -0.39 is 0 Å². The number of alkyl halides is 1. The van der Waals surface area contributed by atoms with Gasteiger partial charge in [-0.2, -0.15) is 0 Å². The van der Waals surface area contributed by atoms with Crippen molar-refractivity contribution in [3.63, 3.8) is 0 Å². The van der Waals surface area contributed by atoms with Gasteiger partial charge < -0.3 is 4.74 Å². The molecule has 0 aromatic carbocycles. The smallest absolute Gasteiger partial charge is 0.0593 e. The van der Waals surface area contributed by atoms with Crippen LogP contribution in [-0.2, 0) is 4.74 Å². The van der Waals surface area contributed by atoms with Crippen LogP contribution < -0.4 is 0 Å². The van der Waals surface area contributed by atoms with Gasteiger partial charge in [-0.15, -0.1) is 11.6 Å². The number of piperazine rings is 1. The van der Waals surface area contributed by atoms with E-state index in [1.165, 1.54) is 0 Å². The minimum atomic E-state index is 0.750. The molecule has 1 fully saturated rings. The van der Waals surface area contributed by atoms with Gasteiger partial charge in [-0.3, -0.25) is 9.80 Å². The largest absolute Gasteiger partial charge is 0.380 e. The Labute approximate surface area is 98.3 Å². The van der Waals surface area contributed by atoms with Crippen molar-refractivity contribution in [1.29, 1.82) is 0 Å². The summed E-state index contributed by atoms with van der Waals surface area (Å²) in [6.07, 6.45) is 1.11. The van der Waals surface area contributed by atoms with Crippen LogP contribution in [0.15, 0.2) is 0 Å². The van der Waals surface area contributed by atoms with E-state index in [0.29, 0.717) is 0 Å². The van der Waals surface area contributed by atoms with Gasteiger partial charge in [0.25, 0.3) is 0 Å². The Bertz CT molecular complexity index is 147. The monoisotopic (exact) mass is 234 g/mol. The van der Waals surface area contributed by atoms with Crippen LogP contribution >= 0.6 is 11.6 Å². The third-order valence-corrected chi connectivity index (χ3v) is 2.93. The van der Waals surface area contributed by atoms with E-state index in [9.17, 15) is 0 Å². The van der Waals surface area contributed by atoms with Gasteiger partial charge in [-0.1, -0.05) is 6.92 Å². The predicted molar refractivity (Wildman–Crippen MR) is 64.7 cm³/mol. The van der Waals surface area contributed by atoms with Crippen molar-refractivity contribution in [2.75, 3.05) is 58.4 Å². The Morgan fingerprint density at radius 1 is 1.00 bits per heavy atom. The highest BCUT2D eigenvalue weighted by molar-refractivity contribution is 6.18. The minimum Gasteiger partial charge on any atom is -0.380 e. The van der Waals surface area contributed by atoms with Gasteiger partial charge in [0.05, 0.1) is 6.61 Å². The molecule has 0 aliphatic carbocycles. The van der Waals surface area contributed by atoms with Crippen LogP contribution in [0.3, 0.4) is 0 Å². The maximum Gasteiger partial charge on any atom is 0.0593 e. The van der Waals surface area contributed by atoms with Crippen molar-refractivity contribution in [2.24, 2.45) is 0 Å². The van der Waals surface area contributed by atoms with Gasteiger partial charge in [-0.25, -0.2) is 0 Å². The number of ether oxygens (including phenoxy) is 1. The summed E-state index contributed by atoms with van der Waals surface area (Å²) >= 11 is 5.71. The zero-order valence-electron chi connectivity index (χ0n) is 9.75. The third kappa shape index (κ3) is 5.71. The standard InChI is InChI=1S/C11H23ClN2O/c1-2-10-15-11-9-14-7-5-13(4-3-12)6-8-14/h2-11H2,1H3. The number of hydrogen-bond donors (Lipinski definition) is 0. The fourth-order valence-corrected chi connectivity index (χ4v) is 2.04. The second-order valence-corrected chi connectivity index (χ2v) is 4.36. The molecule has 90 valence electrons. The van der Waals surface area contributed by atoms with E-state index in [2.05, 4.69) is 16.7 Å². The Morgan fingerprint density at radius 3 is 2.13 bits per heavy atom. The zero-order chi connectivity index (χ0) is 10.9. The van der Waals surface area contributed by atoms with Gasteiger partial charge >= 0.3 is 0 Å². The van der Waals surface area contributed by atoms with Crippen molar-refractivity contribution < 1.29 is 4.74 Å². The van der Waals surface area contributed by atoms with Gasteiger partial charge in [0.1, 0.15) is 0 Å². The van der Waals surface area contributed by atoms with E-state index in [0.717, 1.165) is 64.8 Å². The lowest BCUT2D eigenvalue weighted by Crippen LogP contribution is -2.47. The molecule has 0 N–H and O–H groups in total. The molecule has 0 radical (unpaired) electrons. The Hall–Kier alpha value is 0.170. The van der Waals surface area contributed by atoms with Crippen LogP contribution in [-0.4, -0.2) is 68.2 Å². The number of rotatable bonds is 7. The molecule has 0 bridgehead atoms. The van der Waals surface area contributed by atoms with Crippen LogP contribution in [0.2, 0.25) is 0 Å². The molecule has 0 spiro atoms. The highest BCUT2D eigenvalue weighted by Gasteiger charge is 2.15. The number of nitrogens with zero attached hydrogens (tertiary/aromatic N) is 2. The van der Waals surface area contributed by atoms with E-state index in [4.69, 9.17) is 16.3 Å². The van der Waals surface area contributed by atoms with Crippen LogP contribution in [0.1, 0.15) is 13.3 Å². The highest BCUT2D eigenvalue weighted by atomic mass is 35.5. The molecule has 4 heteroatoms. The van der Waals surface area contributed by atoms with Crippen molar-refractivity contribution in [3.8, 4) is 0 Å². The average Bonchev–Trinajstić information content (AvgIpc) is 2.27. The molecule has 0 unspecified atom stereocenters. The molecular formula is C11H23ClN2O. The number of hydrogen-bond acceptors (Lipinski definition) is 3. The average molecular weight is 235 g/mol. The molecule has 1 aliphatic rings. The first-order valence-electron chi connectivity index (χ1n) is 5.95. The Balaban J connectivity index is 1.99. The molecule has 0 atom stereocenters. The second kappa shape index (κ2) is 8.34. The molecular weight excluding hydrogens is 212 g/mol. The van der Waals surface area contributed by atoms with Crippen LogP contribution in [0.4, 0.5) is 0 Å². The maximum absolute atomic E-state index is 5.71. The van der Waals surface area contributed by atoms with Crippen molar-refractivity contribution in [3.05, 3.63) is 0 Å². The van der Waals surface area contributed by atoms with E-state index in [1.807, 2.05) is 0 Å². The summed E-state index contributed by atoms with van der Waals surface area (Å²) < 4.78 is 5.48. The normalized spacial score (nSPS) is 19.6. The lowest BCUT2D eigenvalue weighted by atomic mass is 10.3. The Morgan fingerprint density at radius 2 is 1.60 bits per heavy atom. The van der Waals surface area contributed by atoms with E-state index in [1.54, 1.807) is 0 Å². The lowest BCUT2D eigenvalue weighted by molar-refractivity contribution is 0.0775. The van der Waals surface area contributed by atoms with Crippen molar-refractivity contribution in [1.82, 2.24) is 9.80 Å². The fraction of sp³-hybridized carbons (Fsp3) is 1.00. The fourth-order valence-electron chi connectivity index (χ4n) is 1.80. The summed E-state index contributed by atoms with van der Waals surface area (Å²) in [4.78, 5) is 4.90. The van der Waals surface area contributed by atoms with Crippen molar-refractivity contribution >= 4 is 11.6 Å². The maximum atomic E-state index is 5.71. The molecule has 0 aromatic heterocycles. The summed E-state index contributed by atoms with van der Waals surface area (Å²) in [5.74, 6) is 0.750. The quantitative estimate of drug-likeness (QED) is 0.488. The lowest BCUT2D eigenvalue weighted by Gasteiger charge is -2.34. The third-order valence-electron chi connectivity index (χ3n) is 2.77. The molecule has 0 saturated carbocycles. The first-order valence-corrected chi connectivity index (χ1v) is 6.48. The minimum absolute atomic E-state index is 0.750. The van der Waals surface area contributed by atoms with Crippen LogP contribution in [0, 0.1) is 0 Å². The zero-order valence-corrected chi connectivity index (χ0v) is 10.5.